The topological polar surface area (TPSA) is 141 Å². The third-order valence-electron chi connectivity index (χ3n) is 5.64. The lowest BCUT2D eigenvalue weighted by Crippen LogP contribution is -2.36. The van der Waals surface area contributed by atoms with Crippen molar-refractivity contribution in [3.05, 3.63) is 52.9 Å². The molecule has 0 saturated heterocycles. The van der Waals surface area contributed by atoms with Crippen LogP contribution in [-0.4, -0.2) is 80.6 Å². The summed E-state index contributed by atoms with van der Waals surface area (Å²) >= 11 is 2.73. The van der Waals surface area contributed by atoms with Gasteiger partial charge in [-0.1, -0.05) is 18.2 Å². The molecule has 4 rings (SSSR count). The Morgan fingerprint density at radius 1 is 1.14 bits per heavy atom. The standard InChI is InChI=1S/C23H28N4O4S4.C2HF3O2/c1-16(2)27(35(30,31)21-9-6-11-32-21)20-8-5-7-17-13-19(25-22(17)20)23-24-14-18(33-23)15-26(3)10-12-34(4,28)29;3-2(4,5)1(6)7/h5-9,11,13-14,16,25H,10,12,15H2,1-4H3;(H,6,7). The average Bonchev–Trinajstić information content (AvgIpc) is 3.62. The van der Waals surface area contributed by atoms with Gasteiger partial charge in [0.05, 0.1) is 22.7 Å². The number of fused-ring (bicyclic) bond motifs is 1. The number of benzene rings is 1. The number of alkyl halides is 3. The van der Waals surface area contributed by atoms with Crippen LogP contribution in [0.4, 0.5) is 18.9 Å². The van der Waals surface area contributed by atoms with E-state index in [0.29, 0.717) is 23.0 Å². The number of sulfone groups is 1. The molecule has 0 fully saturated rings. The van der Waals surface area contributed by atoms with Crippen LogP contribution < -0.4 is 4.31 Å². The Balaban J connectivity index is 0.000000616. The number of aliphatic carboxylic acids is 1. The van der Waals surface area contributed by atoms with Crippen LogP contribution in [0.1, 0.15) is 18.7 Å². The molecule has 0 bridgehead atoms. The van der Waals surface area contributed by atoms with Gasteiger partial charge >= 0.3 is 12.1 Å². The second-order valence-electron chi connectivity index (χ2n) is 9.55. The number of sulfonamides is 1. The van der Waals surface area contributed by atoms with Crippen LogP contribution in [0, 0.1) is 0 Å². The fraction of sp³-hybridized carbons (Fsp3) is 0.360. The van der Waals surface area contributed by atoms with Crippen LogP contribution in [0.3, 0.4) is 0 Å². The Hall–Kier alpha value is -2.99. The van der Waals surface area contributed by atoms with Crippen LogP contribution in [0.2, 0.25) is 0 Å². The SMILES string of the molecule is CC(C)N(c1cccc2cc(-c3ncc(CN(C)CCS(C)(=O)=O)s3)[nH]c12)S(=O)(=O)c1cccs1.O=C(O)C(F)(F)F. The van der Waals surface area contributed by atoms with Gasteiger partial charge in [0.25, 0.3) is 10.0 Å². The van der Waals surface area contributed by atoms with E-state index in [-0.39, 0.29) is 11.8 Å². The van der Waals surface area contributed by atoms with E-state index in [9.17, 15) is 30.0 Å². The molecule has 0 amide bonds. The third-order valence-corrected chi connectivity index (χ3v) is 10.9. The normalized spacial score (nSPS) is 12.5. The van der Waals surface area contributed by atoms with Crippen molar-refractivity contribution < 1.29 is 39.9 Å². The van der Waals surface area contributed by atoms with Gasteiger partial charge in [-0.2, -0.15) is 13.2 Å². The Labute approximate surface area is 249 Å². The van der Waals surface area contributed by atoms with Crippen LogP contribution in [0.15, 0.2) is 52.2 Å². The van der Waals surface area contributed by atoms with E-state index < -0.39 is 32.0 Å². The summed E-state index contributed by atoms with van der Waals surface area (Å²) in [6, 6.07) is 10.7. The Bertz CT molecular complexity index is 1730. The van der Waals surface area contributed by atoms with Crippen molar-refractivity contribution in [1.82, 2.24) is 14.9 Å². The quantitative estimate of drug-likeness (QED) is 0.239. The first kappa shape index (κ1) is 33.5. The van der Waals surface area contributed by atoms with Crippen molar-refractivity contribution in [1.29, 1.82) is 0 Å². The largest absolute Gasteiger partial charge is 0.490 e. The lowest BCUT2D eigenvalue weighted by molar-refractivity contribution is -0.192. The number of aromatic amines is 1. The zero-order valence-corrected chi connectivity index (χ0v) is 26.2. The number of H-pyrrole nitrogens is 1. The van der Waals surface area contributed by atoms with Gasteiger partial charge in [-0.15, -0.1) is 22.7 Å². The Morgan fingerprint density at radius 3 is 2.36 bits per heavy atom. The first-order chi connectivity index (χ1) is 19.4. The first-order valence-electron chi connectivity index (χ1n) is 12.2. The number of thiophene rings is 1. The van der Waals surface area contributed by atoms with Crippen molar-refractivity contribution in [3.63, 3.8) is 0 Å². The van der Waals surface area contributed by atoms with E-state index in [1.165, 1.54) is 33.2 Å². The van der Waals surface area contributed by atoms with Crippen molar-refractivity contribution in [2.75, 3.05) is 29.9 Å². The minimum absolute atomic E-state index is 0.112. The van der Waals surface area contributed by atoms with E-state index in [4.69, 9.17) is 9.90 Å². The third kappa shape index (κ3) is 8.53. The minimum Gasteiger partial charge on any atom is -0.475 e. The van der Waals surface area contributed by atoms with E-state index >= 15 is 0 Å². The second kappa shape index (κ2) is 13.1. The molecule has 42 heavy (non-hydrogen) atoms. The predicted molar refractivity (Wildman–Crippen MR) is 158 cm³/mol. The van der Waals surface area contributed by atoms with Gasteiger partial charge in [0.1, 0.15) is 19.1 Å². The van der Waals surface area contributed by atoms with Gasteiger partial charge in [0, 0.05) is 41.8 Å². The molecular weight excluding hydrogens is 638 g/mol. The van der Waals surface area contributed by atoms with Gasteiger partial charge < -0.3 is 15.0 Å². The molecule has 0 radical (unpaired) electrons. The van der Waals surface area contributed by atoms with Gasteiger partial charge in [0.15, 0.2) is 0 Å². The summed E-state index contributed by atoms with van der Waals surface area (Å²) in [7, 11) is -4.84. The maximum atomic E-state index is 13.4. The molecule has 0 aliphatic carbocycles. The fourth-order valence-electron chi connectivity index (χ4n) is 3.80. The number of hydrogen-bond donors (Lipinski definition) is 2. The van der Waals surface area contributed by atoms with E-state index in [1.807, 2.05) is 50.1 Å². The molecule has 0 saturated carbocycles. The molecular formula is C25H29F3N4O6S4. The lowest BCUT2D eigenvalue weighted by Gasteiger charge is -2.28. The molecule has 0 spiro atoms. The molecule has 0 unspecified atom stereocenters. The maximum absolute atomic E-state index is 13.4. The number of nitrogens with zero attached hydrogens (tertiary/aromatic N) is 3. The molecule has 0 aliphatic heterocycles. The Morgan fingerprint density at radius 2 is 1.81 bits per heavy atom. The van der Waals surface area contributed by atoms with Gasteiger partial charge in [-0.05, 0) is 44.5 Å². The summed E-state index contributed by atoms with van der Waals surface area (Å²) in [5.74, 6) is -2.65. The van der Waals surface area contributed by atoms with Crippen LogP contribution >= 0.6 is 22.7 Å². The van der Waals surface area contributed by atoms with Crippen molar-refractivity contribution in [3.8, 4) is 10.7 Å². The summed E-state index contributed by atoms with van der Waals surface area (Å²) < 4.78 is 83.3. The number of carboxylic acids is 1. The second-order valence-corrected chi connectivity index (χ2v) is 15.9. The highest BCUT2D eigenvalue weighted by Crippen LogP contribution is 2.36. The highest BCUT2D eigenvalue weighted by atomic mass is 32.2. The zero-order valence-electron chi connectivity index (χ0n) is 22.9. The molecule has 230 valence electrons. The van der Waals surface area contributed by atoms with Crippen LogP contribution in [-0.2, 0) is 31.2 Å². The van der Waals surface area contributed by atoms with Crippen molar-refractivity contribution in [2.45, 2.75) is 36.8 Å². The Kier molecular flexibility index (Phi) is 10.5. The monoisotopic (exact) mass is 666 g/mol. The van der Waals surface area contributed by atoms with Crippen LogP contribution in [0.5, 0.6) is 0 Å². The van der Waals surface area contributed by atoms with Crippen molar-refractivity contribution in [2.24, 2.45) is 0 Å². The number of thiazole rings is 1. The molecule has 3 aromatic heterocycles. The number of rotatable bonds is 10. The maximum Gasteiger partial charge on any atom is 0.490 e. The molecule has 2 N–H and O–H groups in total. The number of hydrogen-bond acceptors (Lipinski definition) is 9. The number of carboxylic acid groups (broad SMARTS) is 1. The van der Waals surface area contributed by atoms with Gasteiger partial charge in [0.2, 0.25) is 0 Å². The molecule has 1 aromatic carbocycles. The molecule has 17 heteroatoms. The smallest absolute Gasteiger partial charge is 0.475 e. The number of anilines is 1. The number of nitrogens with one attached hydrogen (secondary N) is 1. The summed E-state index contributed by atoms with van der Waals surface area (Å²) in [5, 5.41) is 10.6. The van der Waals surface area contributed by atoms with E-state index in [0.717, 1.165) is 26.5 Å². The minimum atomic E-state index is -5.08. The summed E-state index contributed by atoms with van der Waals surface area (Å²) in [4.78, 5) is 19.8. The number of halogens is 3. The number of carbonyl (C=O) groups is 1. The zero-order chi connectivity index (χ0) is 31.5. The summed E-state index contributed by atoms with van der Waals surface area (Å²) in [6.07, 6.45) is -2.05. The average molecular weight is 667 g/mol. The lowest BCUT2D eigenvalue weighted by atomic mass is 10.2. The van der Waals surface area contributed by atoms with E-state index in [2.05, 4.69) is 9.97 Å². The predicted octanol–water partition coefficient (Wildman–Crippen LogP) is 5.07. The fourth-order valence-corrected chi connectivity index (χ4v) is 8.16. The first-order valence-corrected chi connectivity index (χ1v) is 17.4. The van der Waals surface area contributed by atoms with Crippen molar-refractivity contribution >= 4 is 65.1 Å². The van der Waals surface area contributed by atoms with Gasteiger partial charge in [-0.3, -0.25) is 4.31 Å². The highest BCUT2D eigenvalue weighted by Gasteiger charge is 2.38. The number of para-hydroxylation sites is 1. The molecule has 0 aliphatic rings. The molecule has 4 aromatic rings. The summed E-state index contributed by atoms with van der Waals surface area (Å²) in [5.41, 5.74) is 2.13. The summed E-state index contributed by atoms with van der Waals surface area (Å²) in [6.45, 7) is 4.77. The van der Waals surface area contributed by atoms with E-state index in [1.54, 1.807) is 23.7 Å². The number of aromatic nitrogens is 2. The molecule has 0 atom stereocenters. The van der Waals surface area contributed by atoms with Gasteiger partial charge in [-0.25, -0.2) is 26.6 Å². The highest BCUT2D eigenvalue weighted by molar-refractivity contribution is 7.94. The molecule has 10 nitrogen and oxygen atoms in total. The molecule has 3 heterocycles. The van der Waals surface area contributed by atoms with Crippen LogP contribution in [0.25, 0.3) is 21.6 Å².